The van der Waals surface area contributed by atoms with Crippen LogP contribution >= 0.6 is 22.9 Å². The van der Waals surface area contributed by atoms with Crippen molar-refractivity contribution in [2.75, 3.05) is 52.1 Å². The average molecular weight is 750 g/mol. The topological polar surface area (TPSA) is 132 Å². The molecule has 12 nitrogen and oxygen atoms in total. The van der Waals surface area contributed by atoms with Crippen LogP contribution < -0.4 is 5.32 Å². The minimum atomic E-state index is -1.11. The van der Waals surface area contributed by atoms with E-state index in [9.17, 15) is 14.4 Å². The van der Waals surface area contributed by atoms with Crippen molar-refractivity contribution >= 4 is 46.3 Å². The van der Waals surface area contributed by atoms with E-state index in [2.05, 4.69) is 30.4 Å². The molecule has 0 saturated carbocycles. The second-order valence-electron chi connectivity index (χ2n) is 12.8. The summed E-state index contributed by atoms with van der Waals surface area (Å²) in [6.07, 6.45) is 4.26. The van der Waals surface area contributed by atoms with Gasteiger partial charge in [-0.2, -0.15) is 5.10 Å². The van der Waals surface area contributed by atoms with Crippen LogP contribution in [0.25, 0.3) is 33.8 Å². The summed E-state index contributed by atoms with van der Waals surface area (Å²) < 4.78 is 32.4. The summed E-state index contributed by atoms with van der Waals surface area (Å²) in [7, 11) is 5.50. The molecule has 3 aromatic heterocycles. The van der Waals surface area contributed by atoms with Gasteiger partial charge in [0.1, 0.15) is 0 Å². The van der Waals surface area contributed by atoms with Crippen molar-refractivity contribution in [1.29, 1.82) is 0 Å². The lowest BCUT2D eigenvalue weighted by atomic mass is 10.00. The van der Waals surface area contributed by atoms with Gasteiger partial charge in [-0.25, -0.2) is 18.7 Å². The van der Waals surface area contributed by atoms with Crippen LogP contribution in [0.4, 0.5) is 14.5 Å². The Balaban J connectivity index is 1.10. The molecule has 1 aliphatic heterocycles. The summed E-state index contributed by atoms with van der Waals surface area (Å²) in [6.45, 7) is 4.51. The van der Waals surface area contributed by atoms with Gasteiger partial charge in [0.15, 0.2) is 17.5 Å². The fourth-order valence-electron chi connectivity index (χ4n) is 6.28. The van der Waals surface area contributed by atoms with Gasteiger partial charge in [-0.1, -0.05) is 24.6 Å². The predicted molar refractivity (Wildman–Crippen MR) is 196 cm³/mol. The number of aromatic amines is 1. The summed E-state index contributed by atoms with van der Waals surface area (Å²) in [4.78, 5) is 53.7. The molecule has 1 unspecified atom stereocenters. The number of piperazine rings is 1. The molecule has 6 rings (SSSR count). The van der Waals surface area contributed by atoms with E-state index in [0.717, 1.165) is 19.4 Å². The molecule has 5 aromatic rings. The molecular weight excluding hydrogens is 712 g/mol. The molecular formula is C36H38ClF2N9O3S. The Morgan fingerprint density at radius 1 is 1.00 bits per heavy atom. The highest BCUT2D eigenvalue weighted by Gasteiger charge is 2.30. The van der Waals surface area contributed by atoms with Gasteiger partial charge in [0.25, 0.3) is 11.8 Å². The molecule has 52 heavy (non-hydrogen) atoms. The molecule has 0 radical (unpaired) electrons. The number of carbonyl (C=O) groups excluding carboxylic acids is 3. The number of H-pyrrole nitrogens is 1. The van der Waals surface area contributed by atoms with Crippen LogP contribution in [0.5, 0.6) is 0 Å². The second kappa shape index (κ2) is 15.7. The SMILES string of the molecule is CCC(CCN(C)C)C(=O)N1CCN(C(=O)c2ccc(NC(=O)c3ncc(-c4ccc(-c5cn[nH]c5-c5cscn5)c(F)c4F)n3C)cc2Cl)CC1. The molecule has 2 N–H and O–H groups in total. The molecule has 272 valence electrons. The zero-order chi connectivity index (χ0) is 37.1. The molecule has 4 heterocycles. The lowest BCUT2D eigenvalue weighted by molar-refractivity contribution is -0.137. The Morgan fingerprint density at radius 3 is 2.38 bits per heavy atom. The zero-order valence-corrected chi connectivity index (χ0v) is 30.7. The van der Waals surface area contributed by atoms with Gasteiger partial charge in [-0.15, -0.1) is 11.3 Å². The van der Waals surface area contributed by atoms with Crippen LogP contribution in [-0.2, 0) is 11.8 Å². The van der Waals surface area contributed by atoms with E-state index < -0.39 is 17.5 Å². The van der Waals surface area contributed by atoms with Crippen molar-refractivity contribution in [2.45, 2.75) is 19.8 Å². The van der Waals surface area contributed by atoms with Crippen molar-refractivity contribution in [3.8, 4) is 33.8 Å². The number of rotatable bonds is 11. The molecule has 0 spiro atoms. The summed E-state index contributed by atoms with van der Waals surface area (Å²) >= 11 is 7.90. The number of anilines is 1. The zero-order valence-electron chi connectivity index (χ0n) is 29.1. The normalized spacial score (nSPS) is 13.8. The van der Waals surface area contributed by atoms with Gasteiger partial charge >= 0.3 is 0 Å². The fraction of sp³-hybridized carbons (Fsp3) is 0.333. The van der Waals surface area contributed by atoms with Gasteiger partial charge in [-0.05, 0) is 57.7 Å². The highest BCUT2D eigenvalue weighted by atomic mass is 35.5. The van der Waals surface area contributed by atoms with E-state index in [1.165, 1.54) is 59.6 Å². The maximum absolute atomic E-state index is 15.6. The lowest BCUT2D eigenvalue weighted by Crippen LogP contribution is -2.52. The monoisotopic (exact) mass is 749 g/mol. The van der Waals surface area contributed by atoms with Gasteiger partial charge in [-0.3, -0.25) is 19.5 Å². The number of hydrogen-bond acceptors (Lipinski definition) is 8. The Bertz CT molecular complexity index is 2090. The Labute approximate surface area is 308 Å². The molecule has 0 aliphatic carbocycles. The minimum absolute atomic E-state index is 0.00516. The third-order valence-corrected chi connectivity index (χ3v) is 10.2. The number of nitrogens with one attached hydrogen (secondary N) is 2. The van der Waals surface area contributed by atoms with Crippen LogP contribution in [-0.4, -0.2) is 104 Å². The minimum Gasteiger partial charge on any atom is -0.339 e. The number of hydrogen-bond donors (Lipinski definition) is 2. The van der Waals surface area contributed by atoms with Crippen molar-refractivity contribution in [2.24, 2.45) is 13.0 Å². The first-order chi connectivity index (χ1) is 25.0. The first kappa shape index (κ1) is 36.8. The van der Waals surface area contributed by atoms with E-state index in [1.54, 1.807) is 21.9 Å². The summed E-state index contributed by atoms with van der Waals surface area (Å²) in [5, 5.41) is 11.4. The highest BCUT2D eigenvalue weighted by molar-refractivity contribution is 7.07. The number of imidazole rings is 1. The number of amides is 3. The van der Waals surface area contributed by atoms with Crippen LogP contribution in [0.3, 0.4) is 0 Å². The molecule has 16 heteroatoms. The van der Waals surface area contributed by atoms with E-state index >= 15 is 8.78 Å². The fourth-order valence-corrected chi connectivity index (χ4v) is 7.08. The van der Waals surface area contributed by atoms with E-state index in [4.69, 9.17) is 11.6 Å². The standard InChI is InChI=1S/C36H38ClF2N9O3S/c1-5-21(10-11-45(2)3)35(50)47-12-14-48(15-13-47)36(51)24-7-6-22(16-27(24)37)43-34(49)33-40-18-29(46(33)4)25-9-8-23(30(38)31(25)39)26-17-42-44-32(26)28-19-52-20-41-28/h6-9,16-21H,5,10-15H2,1-4H3,(H,42,44)(H,43,49). The molecule has 1 atom stereocenters. The maximum atomic E-state index is 15.6. The number of thiazole rings is 1. The third-order valence-electron chi connectivity index (χ3n) is 9.27. The van der Waals surface area contributed by atoms with Gasteiger partial charge < -0.3 is 24.6 Å². The quantitative estimate of drug-likeness (QED) is 0.168. The van der Waals surface area contributed by atoms with E-state index in [1.807, 2.05) is 25.9 Å². The van der Waals surface area contributed by atoms with Gasteiger partial charge in [0, 0.05) is 66.9 Å². The summed E-state index contributed by atoms with van der Waals surface area (Å²) in [6, 6.07) is 7.43. The van der Waals surface area contributed by atoms with Crippen molar-refractivity contribution in [1.82, 2.24) is 39.4 Å². The summed E-state index contributed by atoms with van der Waals surface area (Å²) in [5.74, 6) is -3.07. The smallest absolute Gasteiger partial charge is 0.291 e. The molecule has 2 aromatic carbocycles. The second-order valence-corrected chi connectivity index (χ2v) is 13.9. The number of nitrogens with zero attached hydrogens (tertiary/aromatic N) is 7. The lowest BCUT2D eigenvalue weighted by Gasteiger charge is -2.36. The average Bonchev–Trinajstić information content (AvgIpc) is 3.91. The van der Waals surface area contributed by atoms with Crippen LogP contribution in [0, 0.1) is 17.6 Å². The first-order valence-electron chi connectivity index (χ1n) is 16.7. The van der Waals surface area contributed by atoms with E-state index in [-0.39, 0.29) is 51.0 Å². The number of halogens is 3. The number of benzene rings is 2. The predicted octanol–water partition coefficient (Wildman–Crippen LogP) is 6.05. The molecule has 3 amide bonds. The molecule has 1 fully saturated rings. The molecule has 1 saturated heterocycles. The van der Waals surface area contributed by atoms with Gasteiger partial charge in [0.05, 0.1) is 45.6 Å². The Hall–Kier alpha value is -4.99. The third kappa shape index (κ3) is 7.47. The summed E-state index contributed by atoms with van der Waals surface area (Å²) in [5.41, 5.74) is 3.70. The number of aromatic nitrogens is 5. The van der Waals surface area contributed by atoms with E-state index in [0.29, 0.717) is 48.8 Å². The van der Waals surface area contributed by atoms with Crippen molar-refractivity contribution < 1.29 is 23.2 Å². The molecule has 0 bridgehead atoms. The Morgan fingerprint density at radius 2 is 1.71 bits per heavy atom. The highest BCUT2D eigenvalue weighted by Crippen LogP contribution is 2.36. The van der Waals surface area contributed by atoms with Crippen LogP contribution in [0.15, 0.2) is 53.6 Å². The number of carbonyl (C=O) groups is 3. The maximum Gasteiger partial charge on any atom is 0.291 e. The van der Waals surface area contributed by atoms with Crippen molar-refractivity contribution in [3.05, 3.63) is 81.7 Å². The van der Waals surface area contributed by atoms with Crippen LogP contribution in [0.2, 0.25) is 5.02 Å². The van der Waals surface area contributed by atoms with Gasteiger partial charge in [0.2, 0.25) is 5.91 Å². The Kier molecular flexibility index (Phi) is 11.1. The first-order valence-corrected chi connectivity index (χ1v) is 18.1. The van der Waals surface area contributed by atoms with Crippen molar-refractivity contribution in [3.63, 3.8) is 0 Å². The van der Waals surface area contributed by atoms with Crippen LogP contribution in [0.1, 0.15) is 40.7 Å². The largest absolute Gasteiger partial charge is 0.339 e. The molecule has 1 aliphatic rings.